The van der Waals surface area contributed by atoms with Crippen LogP contribution in [0.5, 0.6) is 0 Å². The third kappa shape index (κ3) is 4.05. The Kier molecular flexibility index (Phi) is 5.07. The van der Waals surface area contributed by atoms with Crippen LogP contribution in [0.25, 0.3) is 0 Å². The summed E-state index contributed by atoms with van der Waals surface area (Å²) < 4.78 is 0.224. The maximum Gasteiger partial charge on any atom is 0.314 e. The Labute approximate surface area is 130 Å². The highest BCUT2D eigenvalue weighted by Gasteiger charge is 2.43. The molecule has 2 amide bonds. The van der Waals surface area contributed by atoms with Crippen LogP contribution in [-0.2, 0) is 4.79 Å². The fourth-order valence-corrected chi connectivity index (χ4v) is 3.65. The number of carboxylic acid groups (broad SMARTS) is 1. The normalized spacial score (nSPS) is 30.5. The van der Waals surface area contributed by atoms with E-state index >= 15 is 0 Å². The van der Waals surface area contributed by atoms with Crippen molar-refractivity contribution >= 4 is 23.8 Å². The van der Waals surface area contributed by atoms with Gasteiger partial charge in [0.1, 0.15) is 0 Å². The Morgan fingerprint density at radius 1 is 1.14 bits per heavy atom. The van der Waals surface area contributed by atoms with Crippen molar-refractivity contribution in [1.82, 2.24) is 10.6 Å². The van der Waals surface area contributed by atoms with Crippen LogP contribution in [0.1, 0.15) is 45.4 Å². The summed E-state index contributed by atoms with van der Waals surface area (Å²) in [7, 11) is 0. The van der Waals surface area contributed by atoms with E-state index in [1.165, 1.54) is 0 Å². The van der Waals surface area contributed by atoms with Crippen LogP contribution in [0, 0.1) is 11.3 Å². The van der Waals surface area contributed by atoms with Gasteiger partial charge in [-0.25, -0.2) is 4.79 Å². The van der Waals surface area contributed by atoms with Crippen molar-refractivity contribution in [3.05, 3.63) is 0 Å². The molecule has 0 aromatic heterocycles. The number of rotatable bonds is 6. The summed E-state index contributed by atoms with van der Waals surface area (Å²) in [4.78, 5) is 23.5. The topological polar surface area (TPSA) is 78.4 Å². The lowest BCUT2D eigenvalue weighted by molar-refractivity contribution is -0.151. The molecule has 0 heterocycles. The zero-order chi connectivity index (χ0) is 15.5. The van der Waals surface area contributed by atoms with Gasteiger partial charge in [0.25, 0.3) is 0 Å². The number of carbonyl (C=O) groups is 2. The molecule has 21 heavy (non-hydrogen) atoms. The first-order chi connectivity index (χ1) is 9.91. The van der Waals surface area contributed by atoms with E-state index in [1.54, 1.807) is 11.8 Å². The van der Waals surface area contributed by atoms with Gasteiger partial charge in [-0.05, 0) is 50.7 Å². The smallest absolute Gasteiger partial charge is 0.314 e. The molecule has 3 N–H and O–H groups in total. The summed E-state index contributed by atoms with van der Waals surface area (Å²) in [5.41, 5.74) is -0.777. The van der Waals surface area contributed by atoms with Crippen molar-refractivity contribution < 1.29 is 14.7 Å². The fraction of sp³-hybridized carbons (Fsp3) is 0.867. The van der Waals surface area contributed by atoms with Crippen LogP contribution in [0.4, 0.5) is 4.79 Å². The van der Waals surface area contributed by atoms with Crippen molar-refractivity contribution in [2.45, 2.75) is 50.2 Å². The first kappa shape index (κ1) is 16.5. The summed E-state index contributed by atoms with van der Waals surface area (Å²) in [6.45, 7) is 3.05. The monoisotopic (exact) mass is 314 g/mol. The van der Waals surface area contributed by atoms with Gasteiger partial charge in [-0.1, -0.05) is 6.92 Å². The summed E-state index contributed by atoms with van der Waals surface area (Å²) >= 11 is 1.79. The molecule has 2 aliphatic carbocycles. The summed E-state index contributed by atoms with van der Waals surface area (Å²) in [6.07, 6.45) is 7.50. The lowest BCUT2D eigenvalue weighted by atomic mass is 9.71. The predicted octanol–water partition coefficient (Wildman–Crippen LogP) is 2.46. The number of hydrogen-bond acceptors (Lipinski definition) is 3. The highest BCUT2D eigenvalue weighted by molar-refractivity contribution is 8.00. The minimum atomic E-state index is -0.780. The molecule has 0 radical (unpaired) electrons. The zero-order valence-electron chi connectivity index (χ0n) is 12.9. The van der Waals surface area contributed by atoms with Gasteiger partial charge in [0.2, 0.25) is 0 Å². The maximum atomic E-state index is 11.9. The van der Waals surface area contributed by atoms with Gasteiger partial charge in [-0.2, -0.15) is 11.8 Å². The quantitative estimate of drug-likeness (QED) is 0.704. The van der Waals surface area contributed by atoms with Crippen LogP contribution in [0.15, 0.2) is 0 Å². The Balaban J connectivity index is 1.79. The van der Waals surface area contributed by atoms with E-state index in [-0.39, 0.29) is 17.3 Å². The van der Waals surface area contributed by atoms with Crippen molar-refractivity contribution in [3.63, 3.8) is 0 Å². The Bertz CT molecular complexity index is 402. The molecule has 0 aromatic carbocycles. The van der Waals surface area contributed by atoms with Crippen LogP contribution >= 0.6 is 11.8 Å². The van der Waals surface area contributed by atoms with Gasteiger partial charge in [-0.15, -0.1) is 0 Å². The molecule has 120 valence electrons. The van der Waals surface area contributed by atoms with Crippen LogP contribution in [0.3, 0.4) is 0 Å². The van der Waals surface area contributed by atoms with E-state index in [0.717, 1.165) is 25.7 Å². The number of thioether (sulfide) groups is 1. The second kappa shape index (κ2) is 6.46. The first-order valence-electron chi connectivity index (χ1n) is 7.72. The van der Waals surface area contributed by atoms with Gasteiger partial charge in [0.05, 0.1) is 5.41 Å². The number of nitrogens with one attached hydrogen (secondary N) is 2. The SMILES string of the molecule is CSC1(CNC(=O)NCC2(C(=O)O)CCC(C)CC2)CC1. The summed E-state index contributed by atoms with van der Waals surface area (Å²) in [5, 5.41) is 15.2. The molecule has 0 bridgehead atoms. The number of amides is 2. The molecule has 0 aromatic rings. The number of urea groups is 1. The van der Waals surface area contributed by atoms with Gasteiger partial charge < -0.3 is 15.7 Å². The average Bonchev–Trinajstić information content (AvgIpc) is 3.25. The highest BCUT2D eigenvalue weighted by atomic mass is 32.2. The number of carboxylic acids is 1. The zero-order valence-corrected chi connectivity index (χ0v) is 13.7. The van der Waals surface area contributed by atoms with E-state index in [0.29, 0.717) is 25.3 Å². The molecule has 2 fully saturated rings. The van der Waals surface area contributed by atoms with E-state index in [1.807, 2.05) is 0 Å². The number of hydrogen-bond donors (Lipinski definition) is 3. The van der Waals surface area contributed by atoms with E-state index in [4.69, 9.17) is 0 Å². The lowest BCUT2D eigenvalue weighted by Crippen LogP contribution is -2.48. The third-order valence-corrected chi connectivity index (χ3v) is 6.50. The standard InChI is InChI=1S/C15H26N2O3S/c1-11-3-5-14(6-4-11,12(18)19)9-16-13(20)17-10-15(21-2)7-8-15/h11H,3-10H2,1-2H3,(H,18,19)(H2,16,17,20). The van der Waals surface area contributed by atoms with Crippen molar-refractivity contribution in [2.24, 2.45) is 11.3 Å². The third-order valence-electron chi connectivity index (χ3n) is 5.08. The average molecular weight is 314 g/mol. The van der Waals surface area contributed by atoms with E-state index in [9.17, 15) is 14.7 Å². The minimum Gasteiger partial charge on any atom is -0.481 e. The fourth-order valence-electron chi connectivity index (χ4n) is 2.93. The second-order valence-corrected chi connectivity index (χ2v) is 7.97. The molecular formula is C15H26N2O3S. The largest absolute Gasteiger partial charge is 0.481 e. The van der Waals surface area contributed by atoms with Gasteiger partial charge in [-0.3, -0.25) is 4.79 Å². The first-order valence-corrected chi connectivity index (χ1v) is 8.94. The van der Waals surface area contributed by atoms with Crippen LogP contribution < -0.4 is 10.6 Å². The molecule has 0 unspecified atom stereocenters. The van der Waals surface area contributed by atoms with Crippen molar-refractivity contribution in [3.8, 4) is 0 Å². The van der Waals surface area contributed by atoms with E-state index in [2.05, 4.69) is 23.8 Å². The molecular weight excluding hydrogens is 288 g/mol. The van der Waals surface area contributed by atoms with Crippen molar-refractivity contribution in [1.29, 1.82) is 0 Å². The molecule has 2 aliphatic rings. The van der Waals surface area contributed by atoms with Crippen LogP contribution in [-0.4, -0.2) is 41.2 Å². The lowest BCUT2D eigenvalue weighted by Gasteiger charge is -2.35. The Morgan fingerprint density at radius 2 is 1.71 bits per heavy atom. The second-order valence-electron chi connectivity index (χ2n) is 6.69. The maximum absolute atomic E-state index is 11.9. The Hall–Kier alpha value is -0.910. The Morgan fingerprint density at radius 3 is 2.19 bits per heavy atom. The van der Waals surface area contributed by atoms with Gasteiger partial charge in [0, 0.05) is 17.8 Å². The molecule has 0 spiro atoms. The molecule has 2 saturated carbocycles. The molecule has 0 saturated heterocycles. The number of carbonyl (C=O) groups excluding carboxylic acids is 1. The minimum absolute atomic E-state index is 0.224. The van der Waals surface area contributed by atoms with Gasteiger partial charge in [0.15, 0.2) is 0 Å². The van der Waals surface area contributed by atoms with E-state index < -0.39 is 11.4 Å². The highest BCUT2D eigenvalue weighted by Crippen LogP contribution is 2.46. The van der Waals surface area contributed by atoms with Crippen LogP contribution in [0.2, 0.25) is 0 Å². The molecule has 2 rings (SSSR count). The van der Waals surface area contributed by atoms with Crippen molar-refractivity contribution in [2.75, 3.05) is 19.3 Å². The summed E-state index contributed by atoms with van der Waals surface area (Å²) in [5.74, 6) is -0.194. The molecule has 0 atom stereocenters. The van der Waals surface area contributed by atoms with Gasteiger partial charge >= 0.3 is 12.0 Å². The number of aliphatic carboxylic acids is 1. The molecule has 5 nitrogen and oxygen atoms in total. The predicted molar refractivity (Wildman–Crippen MR) is 84.6 cm³/mol. The summed E-state index contributed by atoms with van der Waals surface area (Å²) in [6, 6.07) is -0.241. The molecule has 6 heteroatoms. The molecule has 0 aliphatic heterocycles.